The summed E-state index contributed by atoms with van der Waals surface area (Å²) in [4.78, 5) is 32.0. The van der Waals surface area contributed by atoms with Crippen LogP contribution in [-0.4, -0.2) is 31.6 Å². The van der Waals surface area contributed by atoms with E-state index in [9.17, 15) is 9.59 Å². The van der Waals surface area contributed by atoms with Gasteiger partial charge in [0, 0.05) is 17.4 Å². The molecule has 3 aromatic rings. The third-order valence-corrected chi connectivity index (χ3v) is 3.51. The monoisotopic (exact) mass is 356 g/mol. The fourth-order valence-electron chi connectivity index (χ4n) is 2.05. The molecule has 0 aliphatic rings. The molecule has 0 radical (unpaired) electrons. The van der Waals surface area contributed by atoms with Crippen LogP contribution < -0.4 is 10.9 Å². The van der Waals surface area contributed by atoms with E-state index in [-0.39, 0.29) is 5.82 Å². The number of hydrogen-bond donors (Lipinski definition) is 2. The molecule has 1 aromatic carbocycles. The normalized spacial score (nSPS) is 10.3. The lowest BCUT2D eigenvalue weighted by molar-refractivity contribution is 0.0840. The highest BCUT2D eigenvalue weighted by atomic mass is 35.5. The smallest absolute Gasteiger partial charge is 0.267 e. The summed E-state index contributed by atoms with van der Waals surface area (Å²) in [6.45, 7) is 1.71. The number of aromatic nitrogens is 4. The predicted octanol–water partition coefficient (Wildman–Crippen LogP) is 1.70. The molecule has 9 heteroatoms. The molecule has 0 saturated heterocycles. The van der Waals surface area contributed by atoms with Crippen LogP contribution in [0.15, 0.2) is 48.8 Å². The van der Waals surface area contributed by atoms with Gasteiger partial charge in [-0.25, -0.2) is 9.67 Å². The maximum atomic E-state index is 12.1. The zero-order valence-corrected chi connectivity index (χ0v) is 13.9. The number of halogens is 1. The molecule has 0 fully saturated rings. The first-order valence-corrected chi connectivity index (χ1v) is 7.63. The Kier molecular flexibility index (Phi) is 4.71. The highest BCUT2D eigenvalue weighted by molar-refractivity contribution is 6.30. The van der Waals surface area contributed by atoms with Gasteiger partial charge in [0.05, 0.1) is 11.3 Å². The van der Waals surface area contributed by atoms with Crippen LogP contribution in [0.5, 0.6) is 0 Å². The highest BCUT2D eigenvalue weighted by Crippen LogP contribution is 2.14. The standard InChI is InChI=1S/C16H13ClN6O2/c1-10-19-14(22-23(10)13-6-4-12(17)5-7-13)16(25)21-20-15(24)11-3-2-8-18-9-11/h2-9H,1H3,(H,20,24)(H,21,25). The Morgan fingerprint density at radius 2 is 1.80 bits per heavy atom. The van der Waals surface area contributed by atoms with E-state index in [1.807, 2.05) is 0 Å². The van der Waals surface area contributed by atoms with Crippen molar-refractivity contribution >= 4 is 23.4 Å². The zero-order chi connectivity index (χ0) is 17.8. The summed E-state index contributed by atoms with van der Waals surface area (Å²) in [6.07, 6.45) is 2.94. The maximum Gasteiger partial charge on any atom is 0.309 e. The summed E-state index contributed by atoms with van der Waals surface area (Å²) in [6, 6.07) is 10.1. The number of pyridine rings is 1. The van der Waals surface area contributed by atoms with Crippen molar-refractivity contribution in [3.05, 3.63) is 71.0 Å². The molecule has 126 valence electrons. The average molecular weight is 357 g/mol. The number of amides is 2. The van der Waals surface area contributed by atoms with Crippen LogP contribution in [0, 0.1) is 6.92 Å². The van der Waals surface area contributed by atoms with Crippen LogP contribution >= 0.6 is 11.6 Å². The molecule has 0 bridgehead atoms. The van der Waals surface area contributed by atoms with Crippen LogP contribution in [0.3, 0.4) is 0 Å². The van der Waals surface area contributed by atoms with Gasteiger partial charge in [-0.05, 0) is 43.3 Å². The van der Waals surface area contributed by atoms with Crippen LogP contribution in [0.1, 0.15) is 26.8 Å². The summed E-state index contributed by atoms with van der Waals surface area (Å²) < 4.78 is 1.51. The molecule has 0 aliphatic carbocycles. The van der Waals surface area contributed by atoms with Crippen molar-refractivity contribution in [1.29, 1.82) is 0 Å². The van der Waals surface area contributed by atoms with Gasteiger partial charge in [-0.3, -0.25) is 25.4 Å². The van der Waals surface area contributed by atoms with Gasteiger partial charge in [-0.15, -0.1) is 5.10 Å². The fourth-order valence-corrected chi connectivity index (χ4v) is 2.18. The molecule has 2 heterocycles. The number of benzene rings is 1. The summed E-state index contributed by atoms with van der Waals surface area (Å²) >= 11 is 5.86. The molecule has 0 aliphatic heterocycles. The van der Waals surface area contributed by atoms with E-state index in [4.69, 9.17) is 11.6 Å². The van der Waals surface area contributed by atoms with Gasteiger partial charge in [0.15, 0.2) is 0 Å². The lowest BCUT2D eigenvalue weighted by Crippen LogP contribution is -2.42. The number of hydrogen-bond acceptors (Lipinski definition) is 5. The molecule has 2 N–H and O–H groups in total. The fraction of sp³-hybridized carbons (Fsp3) is 0.0625. The summed E-state index contributed by atoms with van der Waals surface area (Å²) in [5.74, 6) is -0.673. The molecule has 2 aromatic heterocycles. The van der Waals surface area contributed by atoms with E-state index in [1.54, 1.807) is 49.5 Å². The number of nitrogens with zero attached hydrogens (tertiary/aromatic N) is 4. The molecule has 25 heavy (non-hydrogen) atoms. The second-order valence-corrected chi connectivity index (χ2v) is 5.46. The number of rotatable bonds is 3. The van der Waals surface area contributed by atoms with Gasteiger partial charge in [0.1, 0.15) is 5.82 Å². The minimum Gasteiger partial charge on any atom is -0.267 e. The van der Waals surface area contributed by atoms with E-state index in [0.29, 0.717) is 22.1 Å². The molecular formula is C16H13ClN6O2. The van der Waals surface area contributed by atoms with Crippen molar-refractivity contribution in [2.75, 3.05) is 0 Å². The van der Waals surface area contributed by atoms with Gasteiger partial charge in [0.2, 0.25) is 5.82 Å². The number of carbonyl (C=O) groups excluding carboxylic acids is 2. The molecule has 2 amide bonds. The molecule has 0 unspecified atom stereocenters. The van der Waals surface area contributed by atoms with Crippen molar-refractivity contribution in [2.24, 2.45) is 0 Å². The Balaban J connectivity index is 1.70. The van der Waals surface area contributed by atoms with Crippen LogP contribution in [-0.2, 0) is 0 Å². The van der Waals surface area contributed by atoms with Gasteiger partial charge < -0.3 is 0 Å². The molecule has 0 spiro atoms. The van der Waals surface area contributed by atoms with E-state index in [0.717, 1.165) is 0 Å². The minimum absolute atomic E-state index is 0.0704. The maximum absolute atomic E-state index is 12.1. The van der Waals surface area contributed by atoms with E-state index < -0.39 is 11.8 Å². The number of nitrogens with one attached hydrogen (secondary N) is 2. The predicted molar refractivity (Wildman–Crippen MR) is 90.3 cm³/mol. The summed E-state index contributed by atoms with van der Waals surface area (Å²) in [7, 11) is 0. The van der Waals surface area contributed by atoms with Crippen molar-refractivity contribution in [1.82, 2.24) is 30.6 Å². The number of carbonyl (C=O) groups is 2. The summed E-state index contributed by atoms with van der Waals surface area (Å²) in [5.41, 5.74) is 5.59. The van der Waals surface area contributed by atoms with Crippen molar-refractivity contribution in [3.63, 3.8) is 0 Å². The molecular weight excluding hydrogens is 344 g/mol. The highest BCUT2D eigenvalue weighted by Gasteiger charge is 2.16. The Morgan fingerprint density at radius 1 is 1.08 bits per heavy atom. The second-order valence-electron chi connectivity index (χ2n) is 5.02. The summed E-state index contributed by atoms with van der Waals surface area (Å²) in [5, 5.41) is 4.74. The van der Waals surface area contributed by atoms with E-state index in [2.05, 4.69) is 25.9 Å². The lowest BCUT2D eigenvalue weighted by Gasteiger charge is -2.05. The van der Waals surface area contributed by atoms with E-state index >= 15 is 0 Å². The lowest BCUT2D eigenvalue weighted by atomic mass is 10.3. The Labute approximate surface area is 147 Å². The molecule has 0 saturated carbocycles. The number of hydrazine groups is 1. The SMILES string of the molecule is Cc1nc(C(=O)NNC(=O)c2cccnc2)nn1-c1ccc(Cl)cc1. The number of aryl methyl sites for hydroxylation is 1. The Bertz CT molecular complexity index is 908. The topological polar surface area (TPSA) is 102 Å². The van der Waals surface area contributed by atoms with Crippen LogP contribution in [0.4, 0.5) is 0 Å². The average Bonchev–Trinajstić information content (AvgIpc) is 3.02. The van der Waals surface area contributed by atoms with Crippen LogP contribution in [0.25, 0.3) is 5.69 Å². The third-order valence-electron chi connectivity index (χ3n) is 3.26. The first-order chi connectivity index (χ1) is 12.0. The first-order valence-electron chi connectivity index (χ1n) is 7.25. The first kappa shape index (κ1) is 16.6. The van der Waals surface area contributed by atoms with Gasteiger partial charge >= 0.3 is 5.91 Å². The van der Waals surface area contributed by atoms with Gasteiger partial charge in [-0.1, -0.05) is 11.6 Å². The van der Waals surface area contributed by atoms with Crippen LogP contribution in [0.2, 0.25) is 5.02 Å². The third kappa shape index (κ3) is 3.81. The molecule has 0 atom stereocenters. The van der Waals surface area contributed by atoms with E-state index in [1.165, 1.54) is 10.9 Å². The molecule has 8 nitrogen and oxygen atoms in total. The molecule has 3 rings (SSSR count). The minimum atomic E-state index is -0.631. The van der Waals surface area contributed by atoms with Crippen molar-refractivity contribution in [3.8, 4) is 5.69 Å². The Hall–Kier alpha value is -3.26. The second kappa shape index (κ2) is 7.10. The van der Waals surface area contributed by atoms with Gasteiger partial charge in [-0.2, -0.15) is 0 Å². The van der Waals surface area contributed by atoms with Crippen molar-refractivity contribution in [2.45, 2.75) is 6.92 Å². The van der Waals surface area contributed by atoms with Gasteiger partial charge in [0.25, 0.3) is 5.91 Å². The quantitative estimate of drug-likeness (QED) is 0.695. The largest absolute Gasteiger partial charge is 0.309 e. The zero-order valence-electron chi connectivity index (χ0n) is 13.1. The van der Waals surface area contributed by atoms with Crippen molar-refractivity contribution < 1.29 is 9.59 Å². The Morgan fingerprint density at radius 3 is 2.48 bits per heavy atom.